The molecule has 0 heterocycles. The van der Waals surface area contributed by atoms with Gasteiger partial charge in [-0.1, -0.05) is 25.5 Å². The molecule has 2 rings (SSSR count). The molecule has 7 heteroatoms. The lowest BCUT2D eigenvalue weighted by Gasteiger charge is -2.07. The van der Waals surface area contributed by atoms with Crippen molar-refractivity contribution in [3.05, 3.63) is 69.8 Å². The summed E-state index contributed by atoms with van der Waals surface area (Å²) in [6.45, 7) is 1.95. The van der Waals surface area contributed by atoms with E-state index in [2.05, 4.69) is 10.5 Å². The zero-order valence-electron chi connectivity index (χ0n) is 13.1. The van der Waals surface area contributed by atoms with Gasteiger partial charge in [0.2, 0.25) is 0 Å². The van der Waals surface area contributed by atoms with Crippen LogP contribution in [0.25, 0.3) is 0 Å². The van der Waals surface area contributed by atoms with Gasteiger partial charge in [0.15, 0.2) is 0 Å². The number of carbonyl (C=O) groups is 1. The highest BCUT2D eigenvalue weighted by atomic mass is 16.6. The van der Waals surface area contributed by atoms with Gasteiger partial charge in [-0.05, 0) is 30.7 Å². The second-order valence-corrected chi connectivity index (χ2v) is 5.10. The van der Waals surface area contributed by atoms with Gasteiger partial charge in [-0.25, -0.2) is 5.43 Å². The summed E-state index contributed by atoms with van der Waals surface area (Å²) in [5, 5.41) is 24.2. The lowest BCUT2D eigenvalue weighted by molar-refractivity contribution is -0.384. The standard InChI is InChI=1S/C17H17N3O4/c1-2-4-16(13-5-3-6-14(11-13)20(23)24)18-19-17(22)12-7-9-15(21)10-8-12/h3,5-11,21H,2,4H2,1H3,(H,19,22)/b18-16-. The van der Waals surface area contributed by atoms with E-state index in [0.29, 0.717) is 23.3 Å². The molecule has 0 spiro atoms. The Morgan fingerprint density at radius 1 is 1.21 bits per heavy atom. The van der Waals surface area contributed by atoms with Crippen molar-refractivity contribution in [2.45, 2.75) is 19.8 Å². The van der Waals surface area contributed by atoms with Crippen molar-refractivity contribution in [1.82, 2.24) is 5.43 Å². The summed E-state index contributed by atoms with van der Waals surface area (Å²) in [6.07, 6.45) is 1.34. The number of amides is 1. The maximum absolute atomic E-state index is 12.1. The van der Waals surface area contributed by atoms with Crippen molar-refractivity contribution in [3.8, 4) is 5.75 Å². The van der Waals surface area contributed by atoms with Crippen LogP contribution in [-0.4, -0.2) is 21.6 Å². The molecule has 2 N–H and O–H groups in total. The first-order valence-electron chi connectivity index (χ1n) is 7.42. The lowest BCUT2D eigenvalue weighted by Crippen LogP contribution is -2.20. The summed E-state index contributed by atoms with van der Waals surface area (Å²) >= 11 is 0. The van der Waals surface area contributed by atoms with E-state index < -0.39 is 10.8 Å². The third-order valence-corrected chi connectivity index (χ3v) is 3.30. The van der Waals surface area contributed by atoms with Gasteiger partial charge in [0.1, 0.15) is 5.75 Å². The van der Waals surface area contributed by atoms with E-state index in [1.165, 1.54) is 36.4 Å². The highest BCUT2D eigenvalue weighted by molar-refractivity contribution is 6.02. The normalized spacial score (nSPS) is 11.1. The number of hydrogen-bond acceptors (Lipinski definition) is 5. The molecule has 0 saturated heterocycles. The number of hydrogen-bond donors (Lipinski definition) is 2. The highest BCUT2D eigenvalue weighted by Crippen LogP contribution is 2.16. The number of aromatic hydroxyl groups is 1. The number of nitrogens with one attached hydrogen (secondary N) is 1. The number of phenols is 1. The molecule has 7 nitrogen and oxygen atoms in total. The van der Waals surface area contributed by atoms with Crippen molar-refractivity contribution < 1.29 is 14.8 Å². The Morgan fingerprint density at radius 3 is 2.54 bits per heavy atom. The Balaban J connectivity index is 2.21. The number of hydrazone groups is 1. The molecule has 0 atom stereocenters. The van der Waals surface area contributed by atoms with Crippen molar-refractivity contribution in [2.75, 3.05) is 0 Å². The number of nitro groups is 1. The molecule has 1 amide bonds. The van der Waals surface area contributed by atoms with Crippen molar-refractivity contribution in [2.24, 2.45) is 5.10 Å². The van der Waals surface area contributed by atoms with Crippen LogP contribution in [0.4, 0.5) is 5.69 Å². The number of rotatable bonds is 6. The third kappa shape index (κ3) is 4.39. The Morgan fingerprint density at radius 2 is 1.92 bits per heavy atom. The minimum Gasteiger partial charge on any atom is -0.508 e. The van der Waals surface area contributed by atoms with Gasteiger partial charge in [0.25, 0.3) is 11.6 Å². The van der Waals surface area contributed by atoms with Crippen molar-refractivity contribution in [3.63, 3.8) is 0 Å². The van der Waals surface area contributed by atoms with Crippen LogP contribution >= 0.6 is 0 Å². The van der Waals surface area contributed by atoms with Crippen LogP contribution in [0.3, 0.4) is 0 Å². The van der Waals surface area contributed by atoms with Crippen molar-refractivity contribution in [1.29, 1.82) is 0 Å². The molecule has 0 saturated carbocycles. The first kappa shape index (κ1) is 17.1. The monoisotopic (exact) mass is 327 g/mol. The van der Waals surface area contributed by atoms with Gasteiger partial charge in [0, 0.05) is 23.3 Å². The first-order chi connectivity index (χ1) is 11.5. The summed E-state index contributed by atoms with van der Waals surface area (Å²) in [4.78, 5) is 22.5. The van der Waals surface area contributed by atoms with Crippen molar-refractivity contribution >= 4 is 17.3 Å². The topological polar surface area (TPSA) is 105 Å². The van der Waals surface area contributed by atoms with Gasteiger partial charge in [0.05, 0.1) is 10.6 Å². The summed E-state index contributed by atoms with van der Waals surface area (Å²) in [5.41, 5.74) is 3.93. The van der Waals surface area contributed by atoms with Gasteiger partial charge in [-0.15, -0.1) is 0 Å². The van der Waals surface area contributed by atoms with Crippen LogP contribution in [0.1, 0.15) is 35.7 Å². The van der Waals surface area contributed by atoms with Crippen LogP contribution in [-0.2, 0) is 0 Å². The number of carbonyl (C=O) groups excluding carboxylic acids is 1. The van der Waals surface area contributed by atoms with E-state index in [9.17, 15) is 20.0 Å². The maximum atomic E-state index is 12.1. The summed E-state index contributed by atoms with van der Waals surface area (Å²) in [6, 6.07) is 11.9. The predicted octanol–water partition coefficient (Wildman–Crippen LogP) is 3.23. The van der Waals surface area contributed by atoms with Gasteiger partial charge >= 0.3 is 0 Å². The van der Waals surface area contributed by atoms with Gasteiger partial charge in [-0.2, -0.15) is 5.10 Å². The molecule has 0 aliphatic rings. The molecule has 0 aromatic heterocycles. The lowest BCUT2D eigenvalue weighted by atomic mass is 10.1. The zero-order chi connectivity index (χ0) is 17.5. The Kier molecular flexibility index (Phi) is 5.62. The molecule has 2 aromatic rings. The average Bonchev–Trinajstić information content (AvgIpc) is 2.59. The predicted molar refractivity (Wildman–Crippen MR) is 90.1 cm³/mol. The molecule has 124 valence electrons. The average molecular weight is 327 g/mol. The van der Waals surface area contributed by atoms with Crippen LogP contribution in [0.15, 0.2) is 53.6 Å². The van der Waals surface area contributed by atoms with Gasteiger partial charge < -0.3 is 5.11 Å². The quantitative estimate of drug-likeness (QED) is 0.482. The van der Waals surface area contributed by atoms with Crippen LogP contribution in [0.2, 0.25) is 0 Å². The molecular weight excluding hydrogens is 310 g/mol. The molecule has 0 radical (unpaired) electrons. The fourth-order valence-corrected chi connectivity index (χ4v) is 2.10. The molecule has 0 unspecified atom stereocenters. The summed E-state index contributed by atoms with van der Waals surface area (Å²) in [5.74, 6) is -0.354. The molecule has 24 heavy (non-hydrogen) atoms. The minimum atomic E-state index is -0.470. The fourth-order valence-electron chi connectivity index (χ4n) is 2.10. The SMILES string of the molecule is CCC/C(=N/NC(=O)c1ccc(O)cc1)c1cccc([N+](=O)[O-])c1. The smallest absolute Gasteiger partial charge is 0.271 e. The van der Waals surface area contributed by atoms with Gasteiger partial charge in [-0.3, -0.25) is 14.9 Å². The van der Waals surface area contributed by atoms with Crippen LogP contribution < -0.4 is 5.43 Å². The second kappa shape index (κ2) is 7.87. The number of nitro benzene ring substituents is 1. The highest BCUT2D eigenvalue weighted by Gasteiger charge is 2.11. The number of non-ortho nitro benzene ring substituents is 1. The van der Waals surface area contributed by atoms with Crippen LogP contribution in [0.5, 0.6) is 5.75 Å². The van der Waals surface area contributed by atoms with E-state index in [1.807, 2.05) is 6.92 Å². The maximum Gasteiger partial charge on any atom is 0.271 e. The van der Waals surface area contributed by atoms with E-state index in [-0.39, 0.29) is 11.4 Å². The fraction of sp³-hybridized carbons (Fsp3) is 0.176. The first-order valence-corrected chi connectivity index (χ1v) is 7.42. The molecule has 0 aliphatic carbocycles. The van der Waals surface area contributed by atoms with E-state index in [0.717, 1.165) is 6.42 Å². The molecule has 0 bridgehead atoms. The number of nitrogens with zero attached hydrogens (tertiary/aromatic N) is 2. The largest absolute Gasteiger partial charge is 0.508 e. The molecule has 0 aliphatic heterocycles. The Hall–Kier alpha value is -3.22. The summed E-state index contributed by atoms with van der Waals surface area (Å²) < 4.78 is 0. The van der Waals surface area contributed by atoms with E-state index in [1.54, 1.807) is 12.1 Å². The summed E-state index contributed by atoms with van der Waals surface area (Å²) in [7, 11) is 0. The van der Waals surface area contributed by atoms with Crippen LogP contribution in [0, 0.1) is 10.1 Å². The third-order valence-electron chi connectivity index (χ3n) is 3.30. The Bertz CT molecular complexity index is 770. The molecule has 0 fully saturated rings. The zero-order valence-corrected chi connectivity index (χ0v) is 13.1. The number of benzene rings is 2. The molecular formula is C17H17N3O4. The second-order valence-electron chi connectivity index (χ2n) is 5.10. The van der Waals surface area contributed by atoms with E-state index in [4.69, 9.17) is 0 Å². The molecule has 2 aromatic carbocycles. The van der Waals surface area contributed by atoms with E-state index >= 15 is 0 Å². The minimum absolute atomic E-state index is 0.0267. The Labute approximate surface area is 138 Å². The number of phenolic OH excluding ortho intramolecular Hbond substituents is 1.